The van der Waals surface area contributed by atoms with Gasteiger partial charge in [-0.05, 0) is 36.3 Å². The average Bonchev–Trinajstić information content (AvgIpc) is 3.29. The fraction of sp³-hybridized carbons (Fsp3) is 0.192. The zero-order valence-corrected chi connectivity index (χ0v) is 18.7. The van der Waals surface area contributed by atoms with E-state index in [1.165, 1.54) is 20.3 Å². The lowest BCUT2D eigenvalue weighted by Gasteiger charge is -2.40. The van der Waals surface area contributed by atoms with Crippen molar-refractivity contribution < 1.29 is 28.6 Å². The fourth-order valence-corrected chi connectivity index (χ4v) is 4.47. The molecule has 1 N–H and O–H groups in total. The minimum absolute atomic E-state index is 0.00452. The normalized spacial score (nSPS) is 17.0. The highest BCUT2D eigenvalue weighted by molar-refractivity contribution is 6.14. The number of rotatable bonds is 5. The number of carbonyl (C=O) groups is 3. The zero-order chi connectivity index (χ0) is 23.8. The van der Waals surface area contributed by atoms with Gasteiger partial charge in [0.2, 0.25) is 6.23 Å². The minimum atomic E-state index is -0.893. The lowest BCUT2D eigenvalue weighted by Crippen LogP contribution is -2.50. The Morgan fingerprint density at radius 2 is 1.76 bits per heavy atom. The van der Waals surface area contributed by atoms with Crippen molar-refractivity contribution in [2.45, 2.75) is 12.6 Å². The number of esters is 2. The smallest absolute Gasteiger partial charge is 0.355 e. The second-order valence-electron chi connectivity index (χ2n) is 7.94. The maximum absolute atomic E-state index is 13.3. The summed E-state index contributed by atoms with van der Waals surface area (Å²) in [5, 5.41) is 1.05. The number of nitrogens with one attached hydrogen (secondary N) is 1. The third-order valence-electron chi connectivity index (χ3n) is 6.10. The summed E-state index contributed by atoms with van der Waals surface area (Å²) in [4.78, 5) is 43.7. The van der Waals surface area contributed by atoms with Crippen LogP contribution in [0.5, 0.6) is 5.75 Å². The van der Waals surface area contributed by atoms with Crippen LogP contribution in [0.3, 0.4) is 0 Å². The monoisotopic (exact) mass is 458 g/mol. The summed E-state index contributed by atoms with van der Waals surface area (Å²) in [5.74, 6) is -1.31. The van der Waals surface area contributed by atoms with Gasteiger partial charge in [-0.3, -0.25) is 4.79 Å². The highest BCUT2D eigenvalue weighted by Gasteiger charge is 2.43. The third kappa shape index (κ3) is 3.44. The molecule has 1 aromatic heterocycles. The van der Waals surface area contributed by atoms with E-state index in [0.717, 1.165) is 16.5 Å². The molecule has 0 saturated carbocycles. The Bertz CT molecular complexity index is 1380. The second-order valence-corrected chi connectivity index (χ2v) is 7.94. The Labute approximate surface area is 195 Å². The van der Waals surface area contributed by atoms with Gasteiger partial charge >= 0.3 is 11.9 Å². The van der Waals surface area contributed by atoms with Gasteiger partial charge in [0, 0.05) is 23.6 Å². The summed E-state index contributed by atoms with van der Waals surface area (Å²) in [7, 11) is 2.46. The van der Waals surface area contributed by atoms with Crippen LogP contribution in [-0.4, -0.2) is 54.6 Å². The molecule has 0 spiro atoms. The minimum Gasteiger partial charge on any atom is -0.465 e. The maximum atomic E-state index is 13.3. The molecule has 8 nitrogen and oxygen atoms in total. The van der Waals surface area contributed by atoms with Crippen molar-refractivity contribution in [1.82, 2.24) is 9.88 Å². The molecule has 3 aromatic rings. The molecule has 1 atom stereocenters. The molecule has 0 bridgehead atoms. The van der Waals surface area contributed by atoms with Crippen LogP contribution in [0.1, 0.15) is 15.9 Å². The molecule has 2 aromatic carbocycles. The molecule has 1 unspecified atom stereocenters. The van der Waals surface area contributed by atoms with E-state index in [2.05, 4.69) is 4.98 Å². The molecule has 2 aliphatic rings. The second kappa shape index (κ2) is 8.55. The summed E-state index contributed by atoms with van der Waals surface area (Å²) in [5.41, 5.74) is 2.62. The van der Waals surface area contributed by atoms with Crippen LogP contribution in [0.25, 0.3) is 10.9 Å². The van der Waals surface area contributed by atoms with Crippen LogP contribution < -0.4 is 4.74 Å². The Morgan fingerprint density at radius 3 is 2.56 bits per heavy atom. The van der Waals surface area contributed by atoms with Gasteiger partial charge in [-0.15, -0.1) is 0 Å². The van der Waals surface area contributed by atoms with Crippen molar-refractivity contribution in [3.05, 3.63) is 88.8 Å². The van der Waals surface area contributed by atoms with Crippen LogP contribution in [0.2, 0.25) is 0 Å². The van der Waals surface area contributed by atoms with Gasteiger partial charge < -0.3 is 24.1 Å². The zero-order valence-electron chi connectivity index (χ0n) is 18.7. The van der Waals surface area contributed by atoms with Crippen molar-refractivity contribution in [3.8, 4) is 5.75 Å². The first-order valence-corrected chi connectivity index (χ1v) is 10.8. The topological polar surface area (TPSA) is 97.9 Å². The van der Waals surface area contributed by atoms with E-state index >= 15 is 0 Å². The van der Waals surface area contributed by atoms with Gasteiger partial charge in [0.25, 0.3) is 0 Å². The Hall–Kier alpha value is -4.33. The highest BCUT2D eigenvalue weighted by atomic mass is 16.5. The van der Waals surface area contributed by atoms with Gasteiger partial charge in [-0.25, -0.2) is 9.59 Å². The molecule has 0 fully saturated rings. The standard InChI is InChI=1S/C26H22N2O6/c1-32-25(30)18-13-19-23(29)17-8-4-6-10-21(17)34-24(19)28(22(18)26(31)33-2)12-11-15-14-27-20-9-5-3-7-16(15)20/h3-10,13-14,24,27H,11-12H2,1-2H3. The number of para-hydroxylation sites is 2. The predicted octanol–water partition coefficient (Wildman–Crippen LogP) is 3.15. The van der Waals surface area contributed by atoms with E-state index in [1.54, 1.807) is 29.2 Å². The number of hydrogen-bond donors (Lipinski definition) is 1. The number of carbonyl (C=O) groups excluding carboxylic acids is 3. The first kappa shape index (κ1) is 21.5. The molecule has 5 rings (SSSR count). The number of aromatic nitrogens is 1. The summed E-state index contributed by atoms with van der Waals surface area (Å²) in [6, 6.07) is 14.8. The third-order valence-corrected chi connectivity index (χ3v) is 6.10. The number of H-pyrrole nitrogens is 1. The summed E-state index contributed by atoms with van der Waals surface area (Å²) in [6.07, 6.45) is 2.91. The van der Waals surface area contributed by atoms with E-state index < -0.39 is 18.2 Å². The molecule has 0 saturated heterocycles. The molecular formula is C26H22N2O6. The van der Waals surface area contributed by atoms with Crippen molar-refractivity contribution in [2.75, 3.05) is 20.8 Å². The molecule has 34 heavy (non-hydrogen) atoms. The number of ketones is 1. The number of hydrogen-bond acceptors (Lipinski definition) is 7. The summed E-state index contributed by atoms with van der Waals surface area (Å²) in [6.45, 7) is 0.282. The molecule has 3 heterocycles. The summed E-state index contributed by atoms with van der Waals surface area (Å²) < 4.78 is 16.1. The number of nitrogens with zero attached hydrogens (tertiary/aromatic N) is 1. The molecule has 0 radical (unpaired) electrons. The van der Waals surface area contributed by atoms with E-state index in [1.807, 2.05) is 30.5 Å². The number of Topliss-reactive ketones (excluding diaryl/α,β-unsaturated/α-hetero) is 1. The number of aromatic amines is 1. The molecule has 8 heteroatoms. The summed E-state index contributed by atoms with van der Waals surface area (Å²) >= 11 is 0. The molecule has 0 amide bonds. The van der Waals surface area contributed by atoms with Gasteiger partial charge in [-0.1, -0.05) is 30.3 Å². The van der Waals surface area contributed by atoms with Gasteiger partial charge in [0.15, 0.2) is 5.78 Å². The van der Waals surface area contributed by atoms with E-state index in [4.69, 9.17) is 14.2 Å². The van der Waals surface area contributed by atoms with Gasteiger partial charge in [0.1, 0.15) is 11.4 Å². The first-order valence-electron chi connectivity index (χ1n) is 10.8. The Balaban J connectivity index is 1.61. The van der Waals surface area contributed by atoms with Gasteiger partial charge in [-0.2, -0.15) is 0 Å². The van der Waals surface area contributed by atoms with Crippen LogP contribution >= 0.6 is 0 Å². The quantitative estimate of drug-likeness (QED) is 0.587. The van der Waals surface area contributed by atoms with Crippen molar-refractivity contribution in [3.63, 3.8) is 0 Å². The van der Waals surface area contributed by atoms with Crippen LogP contribution in [0, 0.1) is 0 Å². The van der Waals surface area contributed by atoms with Crippen molar-refractivity contribution in [1.29, 1.82) is 0 Å². The van der Waals surface area contributed by atoms with Crippen molar-refractivity contribution >= 4 is 28.6 Å². The number of ether oxygens (including phenoxy) is 3. The predicted molar refractivity (Wildman–Crippen MR) is 123 cm³/mol. The van der Waals surface area contributed by atoms with Crippen LogP contribution in [-0.2, 0) is 25.5 Å². The Morgan fingerprint density at radius 1 is 1.03 bits per heavy atom. The largest absolute Gasteiger partial charge is 0.465 e. The van der Waals surface area contributed by atoms with Crippen molar-refractivity contribution in [2.24, 2.45) is 0 Å². The van der Waals surface area contributed by atoms with E-state index in [0.29, 0.717) is 17.7 Å². The average molecular weight is 458 g/mol. The number of methoxy groups -OCH3 is 2. The van der Waals surface area contributed by atoms with E-state index in [-0.39, 0.29) is 29.2 Å². The van der Waals surface area contributed by atoms with Gasteiger partial charge in [0.05, 0.1) is 30.9 Å². The highest BCUT2D eigenvalue weighted by Crippen LogP contribution is 2.38. The first-order chi connectivity index (χ1) is 16.5. The lowest BCUT2D eigenvalue weighted by atomic mass is 9.91. The molecule has 2 aliphatic heterocycles. The maximum Gasteiger partial charge on any atom is 0.355 e. The fourth-order valence-electron chi connectivity index (χ4n) is 4.47. The lowest BCUT2D eigenvalue weighted by molar-refractivity contribution is -0.141. The SMILES string of the molecule is COC(=O)C1=C(C(=O)OC)N(CCc2c[nH]c3ccccc23)C2Oc3ccccc3C(=O)C2=C1. The van der Waals surface area contributed by atoms with E-state index in [9.17, 15) is 14.4 Å². The molecular weight excluding hydrogens is 436 g/mol. The van der Waals surface area contributed by atoms with Crippen LogP contribution in [0.4, 0.5) is 0 Å². The number of benzene rings is 2. The molecule has 172 valence electrons. The van der Waals surface area contributed by atoms with Crippen LogP contribution in [0.15, 0.2) is 77.6 Å². The number of fused-ring (bicyclic) bond motifs is 3. The Kier molecular flexibility index (Phi) is 5.41. The molecule has 0 aliphatic carbocycles.